The van der Waals surface area contributed by atoms with Crippen LogP contribution in [-0.2, 0) is 0 Å². The molecule has 0 fully saturated rings. The largest absolute Gasteiger partial charge is 0.398 e. The van der Waals surface area contributed by atoms with E-state index in [1.165, 1.54) is 6.07 Å². The standard InChI is InChI=1S/C16H13ClFN3/c1-9-4-5-14(11(17)7-9)21-16-12(18)8-13(19)10-3-2-6-20-15(10)16/h2-8,21H,19H2,1H3. The van der Waals surface area contributed by atoms with E-state index in [4.69, 9.17) is 17.3 Å². The Morgan fingerprint density at radius 3 is 2.81 bits per heavy atom. The zero-order valence-corrected chi connectivity index (χ0v) is 12.1. The molecule has 0 saturated carbocycles. The summed E-state index contributed by atoms with van der Waals surface area (Å²) in [5.41, 5.74) is 8.60. The Balaban J connectivity index is 2.16. The number of aryl methyl sites for hydroxylation is 1. The van der Waals surface area contributed by atoms with E-state index in [9.17, 15) is 4.39 Å². The highest BCUT2D eigenvalue weighted by molar-refractivity contribution is 6.33. The van der Waals surface area contributed by atoms with Crippen LogP contribution in [0.25, 0.3) is 10.9 Å². The predicted octanol–water partition coefficient (Wildman–Crippen LogP) is 4.66. The summed E-state index contributed by atoms with van der Waals surface area (Å²) in [6, 6.07) is 10.4. The third-order valence-corrected chi connectivity index (χ3v) is 3.57. The number of nitrogens with zero attached hydrogens (tertiary/aromatic N) is 1. The number of nitrogens with two attached hydrogens (primary N) is 1. The molecule has 0 radical (unpaired) electrons. The van der Waals surface area contributed by atoms with Gasteiger partial charge in [-0.2, -0.15) is 0 Å². The van der Waals surface area contributed by atoms with E-state index in [-0.39, 0.29) is 5.69 Å². The summed E-state index contributed by atoms with van der Waals surface area (Å²) in [6.45, 7) is 1.94. The first kappa shape index (κ1) is 13.6. The fourth-order valence-corrected chi connectivity index (χ4v) is 2.49. The van der Waals surface area contributed by atoms with Crippen molar-refractivity contribution in [3.05, 3.63) is 59.0 Å². The third-order valence-electron chi connectivity index (χ3n) is 3.26. The monoisotopic (exact) mass is 301 g/mol. The number of hydrogen-bond acceptors (Lipinski definition) is 3. The summed E-state index contributed by atoms with van der Waals surface area (Å²) in [7, 11) is 0. The normalized spacial score (nSPS) is 10.8. The van der Waals surface area contributed by atoms with E-state index in [0.29, 0.717) is 27.3 Å². The Bertz CT molecular complexity index is 833. The number of nitrogen functional groups attached to an aromatic ring is 1. The Kier molecular flexibility index (Phi) is 3.39. The molecule has 0 atom stereocenters. The Labute approximate surface area is 126 Å². The van der Waals surface area contributed by atoms with E-state index < -0.39 is 5.82 Å². The molecule has 3 rings (SSSR count). The van der Waals surface area contributed by atoms with Gasteiger partial charge in [0.05, 0.1) is 16.2 Å². The molecule has 0 unspecified atom stereocenters. The Hall–Kier alpha value is -2.33. The number of aromatic nitrogens is 1. The molecule has 3 aromatic rings. The minimum atomic E-state index is -0.463. The lowest BCUT2D eigenvalue weighted by Crippen LogP contribution is -2.00. The summed E-state index contributed by atoms with van der Waals surface area (Å²) >= 11 is 6.18. The van der Waals surface area contributed by atoms with Gasteiger partial charge in [-0.3, -0.25) is 4.98 Å². The average Bonchev–Trinajstić information content (AvgIpc) is 2.45. The van der Waals surface area contributed by atoms with Crippen LogP contribution in [0.15, 0.2) is 42.6 Å². The van der Waals surface area contributed by atoms with Crippen molar-refractivity contribution in [3.63, 3.8) is 0 Å². The van der Waals surface area contributed by atoms with Crippen LogP contribution in [0.4, 0.5) is 21.5 Å². The SMILES string of the molecule is Cc1ccc(Nc2c(F)cc(N)c3cccnc23)c(Cl)c1. The van der Waals surface area contributed by atoms with Gasteiger partial charge in [-0.1, -0.05) is 17.7 Å². The van der Waals surface area contributed by atoms with Crippen LogP contribution >= 0.6 is 11.6 Å². The molecule has 0 aliphatic carbocycles. The molecule has 1 aromatic heterocycles. The number of rotatable bonds is 2. The van der Waals surface area contributed by atoms with Gasteiger partial charge in [0.15, 0.2) is 5.82 Å². The number of anilines is 3. The number of benzene rings is 2. The first-order valence-electron chi connectivity index (χ1n) is 6.42. The molecule has 0 aliphatic rings. The average molecular weight is 302 g/mol. The summed E-state index contributed by atoms with van der Waals surface area (Å²) < 4.78 is 14.3. The summed E-state index contributed by atoms with van der Waals surface area (Å²) in [6.07, 6.45) is 1.60. The zero-order valence-electron chi connectivity index (χ0n) is 11.3. The van der Waals surface area contributed by atoms with Gasteiger partial charge in [0.2, 0.25) is 0 Å². The fraction of sp³-hybridized carbons (Fsp3) is 0.0625. The lowest BCUT2D eigenvalue weighted by molar-refractivity contribution is 0.634. The van der Waals surface area contributed by atoms with Crippen LogP contribution < -0.4 is 11.1 Å². The van der Waals surface area contributed by atoms with Gasteiger partial charge in [0.25, 0.3) is 0 Å². The molecule has 21 heavy (non-hydrogen) atoms. The van der Waals surface area contributed by atoms with Crippen molar-refractivity contribution < 1.29 is 4.39 Å². The summed E-state index contributed by atoms with van der Waals surface area (Å²) in [5, 5.41) is 4.24. The molecule has 0 bridgehead atoms. The molecule has 1 heterocycles. The van der Waals surface area contributed by atoms with Crippen LogP contribution in [0.5, 0.6) is 0 Å². The number of hydrogen-bond donors (Lipinski definition) is 2. The van der Waals surface area contributed by atoms with Gasteiger partial charge in [-0.15, -0.1) is 0 Å². The van der Waals surface area contributed by atoms with Crippen molar-refractivity contribution in [3.8, 4) is 0 Å². The fourth-order valence-electron chi connectivity index (χ4n) is 2.21. The lowest BCUT2D eigenvalue weighted by Gasteiger charge is -2.13. The number of pyridine rings is 1. The van der Waals surface area contributed by atoms with Crippen LogP contribution in [0.3, 0.4) is 0 Å². The molecular formula is C16H13ClFN3. The molecule has 0 spiro atoms. The van der Waals surface area contributed by atoms with Crippen molar-refractivity contribution in [2.24, 2.45) is 0 Å². The second-order valence-electron chi connectivity index (χ2n) is 4.83. The second-order valence-corrected chi connectivity index (χ2v) is 5.24. The van der Waals surface area contributed by atoms with Crippen LogP contribution in [-0.4, -0.2) is 4.98 Å². The smallest absolute Gasteiger partial charge is 0.150 e. The quantitative estimate of drug-likeness (QED) is 0.677. The first-order valence-corrected chi connectivity index (χ1v) is 6.80. The maximum absolute atomic E-state index is 14.3. The molecule has 5 heteroatoms. The topological polar surface area (TPSA) is 50.9 Å². The minimum Gasteiger partial charge on any atom is -0.398 e. The highest BCUT2D eigenvalue weighted by Gasteiger charge is 2.13. The molecule has 0 saturated heterocycles. The van der Waals surface area contributed by atoms with E-state index >= 15 is 0 Å². The highest BCUT2D eigenvalue weighted by atomic mass is 35.5. The van der Waals surface area contributed by atoms with Crippen molar-refractivity contribution >= 4 is 39.6 Å². The molecule has 0 amide bonds. The predicted molar refractivity (Wildman–Crippen MR) is 85.6 cm³/mol. The maximum atomic E-state index is 14.3. The van der Waals surface area contributed by atoms with Gasteiger partial charge in [0, 0.05) is 17.3 Å². The van der Waals surface area contributed by atoms with Gasteiger partial charge >= 0.3 is 0 Å². The van der Waals surface area contributed by atoms with Crippen LogP contribution in [0.1, 0.15) is 5.56 Å². The van der Waals surface area contributed by atoms with E-state index in [2.05, 4.69) is 10.3 Å². The maximum Gasteiger partial charge on any atom is 0.150 e. The van der Waals surface area contributed by atoms with Crippen LogP contribution in [0.2, 0.25) is 5.02 Å². The van der Waals surface area contributed by atoms with Crippen molar-refractivity contribution in [1.29, 1.82) is 0 Å². The van der Waals surface area contributed by atoms with Crippen molar-refractivity contribution in [2.45, 2.75) is 6.92 Å². The molecule has 2 aromatic carbocycles. The van der Waals surface area contributed by atoms with Crippen molar-refractivity contribution in [1.82, 2.24) is 4.98 Å². The van der Waals surface area contributed by atoms with Gasteiger partial charge in [-0.05, 0) is 42.8 Å². The van der Waals surface area contributed by atoms with E-state index in [0.717, 1.165) is 5.56 Å². The molecule has 106 valence electrons. The molecule has 3 nitrogen and oxygen atoms in total. The van der Waals surface area contributed by atoms with Gasteiger partial charge in [-0.25, -0.2) is 4.39 Å². The van der Waals surface area contributed by atoms with Crippen LogP contribution in [0, 0.1) is 12.7 Å². The molecular weight excluding hydrogens is 289 g/mol. The molecule has 3 N–H and O–H groups in total. The number of fused-ring (bicyclic) bond motifs is 1. The van der Waals surface area contributed by atoms with E-state index in [1.54, 1.807) is 18.3 Å². The second kappa shape index (κ2) is 5.22. The number of halogens is 2. The van der Waals surface area contributed by atoms with Gasteiger partial charge in [0.1, 0.15) is 5.69 Å². The number of nitrogens with one attached hydrogen (secondary N) is 1. The van der Waals surface area contributed by atoms with Crippen molar-refractivity contribution in [2.75, 3.05) is 11.1 Å². The zero-order chi connectivity index (χ0) is 15.0. The summed E-state index contributed by atoms with van der Waals surface area (Å²) in [4.78, 5) is 4.22. The Morgan fingerprint density at radius 1 is 1.24 bits per heavy atom. The highest BCUT2D eigenvalue weighted by Crippen LogP contribution is 2.34. The van der Waals surface area contributed by atoms with Gasteiger partial charge < -0.3 is 11.1 Å². The minimum absolute atomic E-state index is 0.269. The summed E-state index contributed by atoms with van der Waals surface area (Å²) in [5.74, 6) is -0.463. The first-order chi connectivity index (χ1) is 10.1. The Morgan fingerprint density at radius 2 is 2.05 bits per heavy atom. The van der Waals surface area contributed by atoms with E-state index in [1.807, 2.05) is 25.1 Å². The third kappa shape index (κ3) is 2.50. The molecule has 0 aliphatic heterocycles. The lowest BCUT2D eigenvalue weighted by atomic mass is 10.1.